The monoisotopic (exact) mass is 424 g/mol. The predicted octanol–water partition coefficient (Wildman–Crippen LogP) is 7.05. The minimum absolute atomic E-state index is 0.0171. The van der Waals surface area contributed by atoms with E-state index >= 15 is 0 Å². The number of rotatable bonds is 8. The molecular formula is C24H34ClFO3. The zero-order valence-electron chi connectivity index (χ0n) is 17.7. The van der Waals surface area contributed by atoms with Crippen molar-refractivity contribution in [1.29, 1.82) is 0 Å². The van der Waals surface area contributed by atoms with Crippen LogP contribution in [0.4, 0.5) is 4.39 Å². The average molecular weight is 425 g/mol. The first kappa shape index (κ1) is 22.4. The van der Waals surface area contributed by atoms with Gasteiger partial charge >= 0.3 is 5.97 Å². The number of hydrogen-bond acceptors (Lipinski definition) is 3. The Morgan fingerprint density at radius 1 is 1.10 bits per heavy atom. The molecule has 1 saturated carbocycles. The number of halogens is 2. The predicted molar refractivity (Wildman–Crippen MR) is 114 cm³/mol. The van der Waals surface area contributed by atoms with E-state index in [0.29, 0.717) is 30.3 Å². The van der Waals surface area contributed by atoms with Crippen LogP contribution in [0.25, 0.3) is 0 Å². The van der Waals surface area contributed by atoms with Crippen molar-refractivity contribution in [3.63, 3.8) is 0 Å². The summed E-state index contributed by atoms with van der Waals surface area (Å²) < 4.78 is 25.9. The van der Waals surface area contributed by atoms with Crippen LogP contribution in [0.3, 0.4) is 0 Å². The zero-order valence-corrected chi connectivity index (χ0v) is 18.5. The smallest absolute Gasteiger partial charge is 0.313 e. The second-order valence-electron chi connectivity index (χ2n) is 8.60. The van der Waals surface area contributed by atoms with E-state index in [4.69, 9.17) is 21.1 Å². The number of ether oxygens (including phenoxy) is 2. The van der Waals surface area contributed by atoms with Gasteiger partial charge in [0, 0.05) is 5.56 Å². The van der Waals surface area contributed by atoms with Crippen LogP contribution in [-0.4, -0.2) is 18.7 Å². The van der Waals surface area contributed by atoms with Crippen molar-refractivity contribution in [2.45, 2.75) is 90.1 Å². The van der Waals surface area contributed by atoms with E-state index in [1.54, 1.807) is 12.1 Å². The topological polar surface area (TPSA) is 35.5 Å². The molecule has 1 aromatic carbocycles. The molecular weight excluding hydrogens is 391 g/mol. The minimum Gasteiger partial charge on any atom is -0.492 e. The van der Waals surface area contributed by atoms with Crippen LogP contribution in [0.2, 0.25) is 5.02 Å². The van der Waals surface area contributed by atoms with Crippen molar-refractivity contribution < 1.29 is 18.7 Å². The van der Waals surface area contributed by atoms with Crippen molar-refractivity contribution in [2.24, 2.45) is 11.8 Å². The van der Waals surface area contributed by atoms with Crippen LogP contribution in [-0.2, 0) is 9.53 Å². The average Bonchev–Trinajstić information content (AvgIpc) is 2.73. The molecule has 1 aliphatic carbocycles. The molecule has 5 heteroatoms. The van der Waals surface area contributed by atoms with Gasteiger partial charge in [0.2, 0.25) is 0 Å². The standard InChI is InChI=1S/C24H34ClFO3/c1-3-5-6-7-16-8-10-17(11-9-16)20-14-13-19(24(27)29-20)18-12-15-21(28-4-2)22(25)23(18)26/h12,15-17,19-20H,3-11,13-14H2,1-2H3. The maximum Gasteiger partial charge on any atom is 0.313 e. The summed E-state index contributed by atoms with van der Waals surface area (Å²) in [6.45, 7) is 4.47. The highest BCUT2D eigenvalue weighted by molar-refractivity contribution is 6.32. The Kier molecular flexibility index (Phi) is 8.23. The Labute approximate surface area is 179 Å². The molecule has 3 rings (SSSR count). The lowest BCUT2D eigenvalue weighted by molar-refractivity contribution is -0.160. The Bertz CT molecular complexity index is 685. The lowest BCUT2D eigenvalue weighted by atomic mass is 9.75. The van der Waals surface area contributed by atoms with Crippen molar-refractivity contribution in [3.05, 3.63) is 28.5 Å². The maximum atomic E-state index is 14.7. The van der Waals surface area contributed by atoms with Gasteiger partial charge in [0.05, 0.1) is 12.5 Å². The Hall–Kier alpha value is -1.29. The molecule has 0 bridgehead atoms. The highest BCUT2D eigenvalue weighted by atomic mass is 35.5. The highest BCUT2D eigenvalue weighted by Gasteiger charge is 2.38. The van der Waals surface area contributed by atoms with E-state index in [-0.39, 0.29) is 17.1 Å². The lowest BCUT2D eigenvalue weighted by Crippen LogP contribution is -2.36. The van der Waals surface area contributed by atoms with Gasteiger partial charge < -0.3 is 9.47 Å². The van der Waals surface area contributed by atoms with Crippen LogP contribution in [0, 0.1) is 17.7 Å². The van der Waals surface area contributed by atoms with Crippen molar-refractivity contribution >= 4 is 17.6 Å². The van der Waals surface area contributed by atoms with Crippen LogP contribution in [0.5, 0.6) is 5.75 Å². The van der Waals surface area contributed by atoms with E-state index in [0.717, 1.165) is 25.2 Å². The molecule has 1 aliphatic heterocycles. The molecule has 0 aromatic heterocycles. The Morgan fingerprint density at radius 3 is 2.52 bits per heavy atom. The normalized spacial score (nSPS) is 27.5. The number of benzene rings is 1. The van der Waals surface area contributed by atoms with E-state index in [1.807, 2.05) is 6.92 Å². The molecule has 1 heterocycles. The molecule has 1 aromatic rings. The number of carbonyl (C=O) groups excluding carboxylic acids is 1. The van der Waals surface area contributed by atoms with Gasteiger partial charge in [-0.25, -0.2) is 4.39 Å². The van der Waals surface area contributed by atoms with E-state index < -0.39 is 11.7 Å². The van der Waals surface area contributed by atoms with Gasteiger partial charge in [0.15, 0.2) is 0 Å². The molecule has 3 nitrogen and oxygen atoms in total. The summed E-state index contributed by atoms with van der Waals surface area (Å²) in [4.78, 5) is 12.7. The number of carbonyl (C=O) groups is 1. The molecule has 2 unspecified atom stereocenters. The highest BCUT2D eigenvalue weighted by Crippen LogP contribution is 2.41. The van der Waals surface area contributed by atoms with Crippen LogP contribution in [0.15, 0.2) is 12.1 Å². The molecule has 0 amide bonds. The van der Waals surface area contributed by atoms with Crippen LogP contribution < -0.4 is 4.74 Å². The third kappa shape index (κ3) is 5.45. The molecule has 2 fully saturated rings. The van der Waals surface area contributed by atoms with Gasteiger partial charge in [-0.3, -0.25) is 4.79 Å². The lowest BCUT2D eigenvalue weighted by Gasteiger charge is -2.37. The maximum absolute atomic E-state index is 14.7. The van der Waals surface area contributed by atoms with Gasteiger partial charge in [0.1, 0.15) is 22.7 Å². The fraction of sp³-hybridized carbons (Fsp3) is 0.708. The molecule has 0 spiro atoms. The van der Waals surface area contributed by atoms with Crippen LogP contribution >= 0.6 is 11.6 Å². The summed E-state index contributed by atoms with van der Waals surface area (Å²) in [5, 5.41) is -0.0549. The van der Waals surface area contributed by atoms with Gasteiger partial charge in [0.25, 0.3) is 0 Å². The molecule has 1 saturated heterocycles. The zero-order chi connectivity index (χ0) is 20.8. The SMILES string of the molecule is CCCCCC1CCC(C2CCC(c3ccc(OCC)c(Cl)c3F)C(=O)O2)CC1. The summed E-state index contributed by atoms with van der Waals surface area (Å²) in [5.74, 6) is 0.148. The molecule has 2 atom stereocenters. The van der Waals surface area contributed by atoms with Crippen molar-refractivity contribution in [1.82, 2.24) is 0 Å². The van der Waals surface area contributed by atoms with E-state index in [9.17, 15) is 9.18 Å². The van der Waals surface area contributed by atoms with Crippen LogP contribution in [0.1, 0.15) is 89.5 Å². The third-order valence-corrected chi connectivity index (χ3v) is 7.03. The van der Waals surface area contributed by atoms with Crippen molar-refractivity contribution in [3.8, 4) is 5.75 Å². The summed E-state index contributed by atoms with van der Waals surface area (Å²) in [7, 11) is 0. The van der Waals surface area contributed by atoms with Gasteiger partial charge in [-0.05, 0) is 50.5 Å². The van der Waals surface area contributed by atoms with E-state index in [1.165, 1.54) is 38.5 Å². The number of esters is 1. The largest absolute Gasteiger partial charge is 0.492 e. The van der Waals surface area contributed by atoms with Gasteiger partial charge in [-0.2, -0.15) is 0 Å². The quantitative estimate of drug-likeness (QED) is 0.331. The second kappa shape index (κ2) is 10.7. The van der Waals surface area contributed by atoms with Gasteiger partial charge in [-0.15, -0.1) is 0 Å². The summed E-state index contributed by atoms with van der Waals surface area (Å²) >= 11 is 6.10. The Balaban J connectivity index is 1.55. The Morgan fingerprint density at radius 2 is 1.86 bits per heavy atom. The number of unbranched alkanes of at least 4 members (excludes halogenated alkanes) is 2. The second-order valence-corrected chi connectivity index (χ2v) is 8.97. The van der Waals surface area contributed by atoms with Crippen molar-refractivity contribution in [2.75, 3.05) is 6.61 Å². The fourth-order valence-electron chi connectivity index (χ4n) is 4.97. The third-order valence-electron chi connectivity index (χ3n) is 6.68. The van der Waals surface area contributed by atoms with Gasteiger partial charge in [-0.1, -0.05) is 63.1 Å². The van der Waals surface area contributed by atoms with E-state index in [2.05, 4.69) is 6.92 Å². The minimum atomic E-state index is -0.579. The fourth-order valence-corrected chi connectivity index (χ4v) is 5.19. The summed E-state index contributed by atoms with van der Waals surface area (Å²) in [6.07, 6.45) is 11.4. The molecule has 162 valence electrons. The first-order valence-corrected chi connectivity index (χ1v) is 11.7. The molecule has 0 N–H and O–H groups in total. The first-order valence-electron chi connectivity index (χ1n) is 11.4. The molecule has 29 heavy (non-hydrogen) atoms. The first-order chi connectivity index (χ1) is 14.0. The molecule has 2 aliphatic rings. The molecule has 0 radical (unpaired) electrons. The summed E-state index contributed by atoms with van der Waals surface area (Å²) in [6, 6.07) is 3.25. The number of hydrogen-bond donors (Lipinski definition) is 0. The number of cyclic esters (lactones) is 1. The summed E-state index contributed by atoms with van der Waals surface area (Å²) in [5.41, 5.74) is 0.321.